The first-order valence-corrected chi connectivity index (χ1v) is 9.54. The molecule has 0 radical (unpaired) electrons. The molecule has 2 aliphatic heterocycles. The van der Waals surface area contributed by atoms with Crippen LogP contribution in [0.1, 0.15) is 57.8 Å². The van der Waals surface area contributed by atoms with Crippen molar-refractivity contribution in [3.63, 3.8) is 0 Å². The number of rotatable bonds is 3. The van der Waals surface area contributed by atoms with Crippen LogP contribution in [0, 0.1) is 11.3 Å². The molecule has 2 saturated heterocycles. The van der Waals surface area contributed by atoms with Crippen molar-refractivity contribution in [3.8, 4) is 0 Å². The van der Waals surface area contributed by atoms with Gasteiger partial charge in [-0.05, 0) is 44.6 Å². The molecule has 4 rings (SSSR count). The molecular formula is C18H31N3O. The molecule has 0 aromatic rings. The van der Waals surface area contributed by atoms with E-state index in [0.29, 0.717) is 17.9 Å². The number of hydrogen-bond acceptors (Lipinski definition) is 3. The Morgan fingerprint density at radius 2 is 1.91 bits per heavy atom. The monoisotopic (exact) mass is 305 g/mol. The van der Waals surface area contributed by atoms with E-state index < -0.39 is 0 Å². The Hall–Kier alpha value is -0.610. The molecule has 2 saturated carbocycles. The first-order valence-electron chi connectivity index (χ1n) is 9.54. The maximum absolute atomic E-state index is 13.0. The Morgan fingerprint density at radius 1 is 1.09 bits per heavy atom. The predicted molar refractivity (Wildman–Crippen MR) is 87.6 cm³/mol. The zero-order chi connectivity index (χ0) is 15.0. The van der Waals surface area contributed by atoms with Gasteiger partial charge >= 0.3 is 0 Å². The second kappa shape index (κ2) is 6.12. The van der Waals surface area contributed by atoms with Crippen LogP contribution in [0.5, 0.6) is 0 Å². The molecule has 124 valence electrons. The number of hydrogen-bond donors (Lipinski definition) is 2. The van der Waals surface area contributed by atoms with Gasteiger partial charge in [0.15, 0.2) is 0 Å². The van der Waals surface area contributed by atoms with Gasteiger partial charge in [-0.1, -0.05) is 25.7 Å². The highest BCUT2D eigenvalue weighted by Crippen LogP contribution is 2.44. The summed E-state index contributed by atoms with van der Waals surface area (Å²) in [7, 11) is 0. The zero-order valence-electron chi connectivity index (χ0n) is 13.8. The van der Waals surface area contributed by atoms with Gasteiger partial charge in [-0.3, -0.25) is 9.69 Å². The Morgan fingerprint density at radius 3 is 2.77 bits per heavy atom. The van der Waals surface area contributed by atoms with E-state index in [0.717, 1.165) is 38.5 Å². The van der Waals surface area contributed by atoms with Gasteiger partial charge < -0.3 is 10.6 Å². The minimum Gasteiger partial charge on any atom is -0.351 e. The first-order chi connectivity index (χ1) is 10.8. The summed E-state index contributed by atoms with van der Waals surface area (Å²) < 4.78 is 0. The third-order valence-electron chi connectivity index (χ3n) is 6.89. The van der Waals surface area contributed by atoms with E-state index in [9.17, 15) is 4.79 Å². The number of fused-ring (bicyclic) bond motifs is 1. The molecule has 3 atom stereocenters. The Kier molecular flexibility index (Phi) is 4.16. The molecule has 0 spiro atoms. The van der Waals surface area contributed by atoms with Crippen LogP contribution >= 0.6 is 0 Å². The van der Waals surface area contributed by atoms with Crippen molar-refractivity contribution < 1.29 is 4.79 Å². The van der Waals surface area contributed by atoms with Crippen LogP contribution in [0.3, 0.4) is 0 Å². The second-order valence-corrected chi connectivity index (χ2v) is 8.12. The van der Waals surface area contributed by atoms with Gasteiger partial charge in [-0.25, -0.2) is 0 Å². The highest BCUT2D eigenvalue weighted by Gasteiger charge is 2.50. The summed E-state index contributed by atoms with van der Waals surface area (Å²) >= 11 is 0. The molecule has 22 heavy (non-hydrogen) atoms. The van der Waals surface area contributed by atoms with E-state index in [4.69, 9.17) is 0 Å². The number of carbonyl (C=O) groups excluding carboxylic acids is 1. The number of nitrogens with one attached hydrogen (secondary N) is 2. The highest BCUT2D eigenvalue weighted by atomic mass is 16.2. The zero-order valence-corrected chi connectivity index (χ0v) is 13.8. The molecule has 4 fully saturated rings. The van der Waals surface area contributed by atoms with E-state index in [1.807, 2.05) is 0 Å². The van der Waals surface area contributed by atoms with Crippen LogP contribution < -0.4 is 10.6 Å². The lowest BCUT2D eigenvalue weighted by molar-refractivity contribution is -0.134. The molecule has 4 aliphatic rings. The average molecular weight is 305 g/mol. The van der Waals surface area contributed by atoms with E-state index in [-0.39, 0.29) is 5.41 Å². The van der Waals surface area contributed by atoms with Gasteiger partial charge in [0.25, 0.3) is 0 Å². The van der Waals surface area contributed by atoms with E-state index in [2.05, 4.69) is 15.5 Å². The fourth-order valence-electron chi connectivity index (χ4n) is 5.53. The molecular weight excluding hydrogens is 274 g/mol. The summed E-state index contributed by atoms with van der Waals surface area (Å²) in [5.74, 6) is 0.939. The van der Waals surface area contributed by atoms with E-state index in [1.165, 1.54) is 51.5 Å². The van der Waals surface area contributed by atoms with Crippen molar-refractivity contribution in [1.82, 2.24) is 15.5 Å². The quantitative estimate of drug-likeness (QED) is 0.837. The lowest BCUT2D eigenvalue weighted by Crippen LogP contribution is -2.51. The van der Waals surface area contributed by atoms with Crippen molar-refractivity contribution in [3.05, 3.63) is 0 Å². The van der Waals surface area contributed by atoms with Gasteiger partial charge in [0, 0.05) is 31.7 Å². The number of amides is 1. The topological polar surface area (TPSA) is 44.4 Å². The molecule has 4 nitrogen and oxygen atoms in total. The summed E-state index contributed by atoms with van der Waals surface area (Å²) in [5.41, 5.74) is -0.0843. The van der Waals surface area contributed by atoms with Crippen molar-refractivity contribution in [2.24, 2.45) is 11.3 Å². The molecule has 2 aliphatic carbocycles. The smallest absolute Gasteiger partial charge is 0.228 e. The van der Waals surface area contributed by atoms with Gasteiger partial charge in [-0.2, -0.15) is 0 Å². The number of carbonyl (C=O) groups is 1. The maximum Gasteiger partial charge on any atom is 0.228 e. The van der Waals surface area contributed by atoms with Crippen molar-refractivity contribution in [1.29, 1.82) is 0 Å². The summed E-state index contributed by atoms with van der Waals surface area (Å²) in [6.07, 6.45) is 11.5. The summed E-state index contributed by atoms with van der Waals surface area (Å²) in [4.78, 5) is 15.7. The van der Waals surface area contributed by atoms with Crippen LogP contribution in [-0.4, -0.2) is 49.1 Å². The summed E-state index contributed by atoms with van der Waals surface area (Å²) in [6, 6.07) is 1.20. The molecule has 0 bridgehead atoms. The average Bonchev–Trinajstić information content (AvgIpc) is 3.27. The highest BCUT2D eigenvalue weighted by molar-refractivity contribution is 5.84. The number of likely N-dealkylation sites (tertiary alicyclic amines) is 1. The Labute approximate surface area is 134 Å². The van der Waals surface area contributed by atoms with E-state index in [1.54, 1.807) is 0 Å². The third kappa shape index (κ3) is 2.58. The molecule has 4 heteroatoms. The number of nitrogens with zero attached hydrogens (tertiary/aromatic N) is 1. The molecule has 0 aromatic carbocycles. The van der Waals surface area contributed by atoms with Gasteiger partial charge in [-0.15, -0.1) is 0 Å². The van der Waals surface area contributed by atoms with Crippen molar-refractivity contribution in [2.45, 2.75) is 69.9 Å². The van der Waals surface area contributed by atoms with Gasteiger partial charge in [0.05, 0.1) is 5.41 Å². The Bertz CT molecular complexity index is 421. The van der Waals surface area contributed by atoms with Crippen LogP contribution in [0.25, 0.3) is 0 Å². The SMILES string of the molecule is O=C(NC1CCN(C2CCCC2)C1)[C@@]12CCCC[C@H]1CNC2. The second-order valence-electron chi connectivity index (χ2n) is 8.12. The van der Waals surface area contributed by atoms with Crippen LogP contribution in [0.15, 0.2) is 0 Å². The van der Waals surface area contributed by atoms with E-state index >= 15 is 0 Å². The van der Waals surface area contributed by atoms with Crippen LogP contribution in [0.4, 0.5) is 0 Å². The molecule has 1 unspecified atom stereocenters. The van der Waals surface area contributed by atoms with Crippen LogP contribution in [0.2, 0.25) is 0 Å². The standard InChI is InChI=1S/C18H31N3O/c22-17(18-9-4-3-5-14(18)11-19-13-18)20-15-8-10-21(12-15)16-6-1-2-7-16/h14-16,19H,1-13H2,(H,20,22)/t14-,15?,18+/m0/s1. The minimum atomic E-state index is -0.0843. The molecule has 2 heterocycles. The predicted octanol–water partition coefficient (Wildman–Crippen LogP) is 1.90. The molecule has 2 N–H and O–H groups in total. The van der Waals surface area contributed by atoms with Crippen molar-refractivity contribution in [2.75, 3.05) is 26.2 Å². The third-order valence-corrected chi connectivity index (χ3v) is 6.89. The lowest BCUT2D eigenvalue weighted by Gasteiger charge is -2.38. The normalized spacial score (nSPS) is 40.0. The summed E-state index contributed by atoms with van der Waals surface area (Å²) in [5, 5.41) is 6.94. The minimum absolute atomic E-state index is 0.0843. The summed E-state index contributed by atoms with van der Waals surface area (Å²) in [6.45, 7) is 4.23. The van der Waals surface area contributed by atoms with Crippen LogP contribution in [-0.2, 0) is 4.79 Å². The van der Waals surface area contributed by atoms with Crippen molar-refractivity contribution >= 4 is 5.91 Å². The first kappa shape index (κ1) is 14.9. The maximum atomic E-state index is 13.0. The fraction of sp³-hybridized carbons (Fsp3) is 0.944. The fourth-order valence-corrected chi connectivity index (χ4v) is 5.53. The van der Waals surface area contributed by atoms with Gasteiger partial charge in [0.2, 0.25) is 5.91 Å². The largest absolute Gasteiger partial charge is 0.351 e. The Balaban J connectivity index is 1.36. The molecule has 0 aromatic heterocycles. The van der Waals surface area contributed by atoms with Gasteiger partial charge in [0.1, 0.15) is 0 Å². The lowest BCUT2D eigenvalue weighted by atomic mass is 9.67. The molecule has 1 amide bonds.